The van der Waals surface area contributed by atoms with Gasteiger partial charge >= 0.3 is 0 Å². The van der Waals surface area contributed by atoms with E-state index in [1.54, 1.807) is 12.3 Å². The number of nitrogens with zero attached hydrogens (tertiary/aromatic N) is 4. The lowest BCUT2D eigenvalue weighted by Crippen LogP contribution is -1.97. The number of benzene rings is 3. The maximum absolute atomic E-state index is 9.35. The maximum Gasteiger partial charge on any atom is 0.141 e. The average molecular weight is 370 g/mol. The average Bonchev–Trinajstić information content (AvgIpc) is 3.12. The Bertz CT molecular complexity index is 1480. The maximum atomic E-state index is 9.35. The topological polar surface area (TPSA) is 65.4 Å². The molecule has 29 heavy (non-hydrogen) atoms. The predicted octanol–water partition coefficient (Wildman–Crippen LogP) is 5.59. The summed E-state index contributed by atoms with van der Waals surface area (Å²) >= 11 is 0. The molecule has 4 heteroatoms. The van der Waals surface area contributed by atoms with E-state index in [0.717, 1.165) is 38.6 Å². The van der Waals surface area contributed by atoms with Gasteiger partial charge in [-0.2, -0.15) is 10.5 Å². The number of nitriles is 2. The van der Waals surface area contributed by atoms with Gasteiger partial charge in [-0.3, -0.25) is 0 Å². The van der Waals surface area contributed by atoms with Crippen LogP contribution in [0.3, 0.4) is 0 Å². The highest BCUT2D eigenvalue weighted by Crippen LogP contribution is 2.36. The molecule has 0 N–H and O–H groups in total. The van der Waals surface area contributed by atoms with Crippen LogP contribution < -0.4 is 0 Å². The fourth-order valence-electron chi connectivity index (χ4n) is 3.87. The van der Waals surface area contributed by atoms with Crippen molar-refractivity contribution in [3.8, 4) is 29.0 Å². The van der Waals surface area contributed by atoms with Crippen LogP contribution in [0.5, 0.6) is 0 Å². The first-order chi connectivity index (χ1) is 14.3. The normalized spacial score (nSPS) is 10.7. The van der Waals surface area contributed by atoms with Crippen LogP contribution in [-0.4, -0.2) is 9.55 Å². The highest BCUT2D eigenvalue weighted by atomic mass is 15.0. The Hall–Kier alpha value is -4.41. The second-order valence-electron chi connectivity index (χ2n) is 6.76. The summed E-state index contributed by atoms with van der Waals surface area (Å²) in [5.41, 5.74) is 6.09. The molecule has 0 unspecified atom stereocenters. The van der Waals surface area contributed by atoms with Gasteiger partial charge < -0.3 is 4.57 Å². The van der Waals surface area contributed by atoms with Crippen LogP contribution in [0.4, 0.5) is 0 Å². The summed E-state index contributed by atoms with van der Waals surface area (Å²) in [6.07, 6.45) is 1.66. The van der Waals surface area contributed by atoms with Crippen LogP contribution in [0.1, 0.15) is 11.3 Å². The molecule has 3 aromatic carbocycles. The van der Waals surface area contributed by atoms with E-state index in [1.807, 2.05) is 48.5 Å². The van der Waals surface area contributed by atoms with Crippen molar-refractivity contribution in [1.82, 2.24) is 9.55 Å². The Morgan fingerprint density at radius 2 is 1.52 bits per heavy atom. The van der Waals surface area contributed by atoms with Crippen molar-refractivity contribution >= 4 is 21.8 Å². The molecular formula is C25H14N4. The smallest absolute Gasteiger partial charge is 0.141 e. The van der Waals surface area contributed by atoms with Gasteiger partial charge in [-0.25, -0.2) is 4.98 Å². The molecule has 0 atom stereocenters. The van der Waals surface area contributed by atoms with Crippen molar-refractivity contribution in [2.75, 3.05) is 0 Å². The number of aromatic nitrogens is 2. The minimum atomic E-state index is 0.387. The summed E-state index contributed by atoms with van der Waals surface area (Å²) in [7, 11) is 0. The van der Waals surface area contributed by atoms with Crippen molar-refractivity contribution in [3.05, 3.63) is 96.3 Å². The van der Waals surface area contributed by atoms with Gasteiger partial charge in [0.05, 0.1) is 28.4 Å². The third kappa shape index (κ3) is 2.64. The van der Waals surface area contributed by atoms with Crippen LogP contribution >= 0.6 is 0 Å². The van der Waals surface area contributed by atoms with Crippen LogP contribution in [0.2, 0.25) is 0 Å². The lowest BCUT2D eigenvalue weighted by atomic mass is 10.0. The zero-order chi connectivity index (χ0) is 19.8. The summed E-state index contributed by atoms with van der Waals surface area (Å²) in [6, 6.07) is 30.2. The van der Waals surface area contributed by atoms with Crippen LogP contribution in [-0.2, 0) is 0 Å². The molecule has 5 rings (SSSR count). The van der Waals surface area contributed by atoms with Crippen molar-refractivity contribution in [3.63, 3.8) is 0 Å². The zero-order valence-corrected chi connectivity index (χ0v) is 15.4. The molecule has 0 bridgehead atoms. The summed E-state index contributed by atoms with van der Waals surface area (Å²) < 4.78 is 2.22. The van der Waals surface area contributed by atoms with E-state index in [4.69, 9.17) is 0 Å². The molecule has 0 aliphatic heterocycles. The molecule has 0 fully saturated rings. The van der Waals surface area contributed by atoms with E-state index < -0.39 is 0 Å². The number of para-hydroxylation sites is 2. The van der Waals surface area contributed by atoms with E-state index >= 15 is 0 Å². The van der Waals surface area contributed by atoms with Gasteiger partial charge in [0.2, 0.25) is 0 Å². The zero-order valence-electron chi connectivity index (χ0n) is 15.4. The largest absolute Gasteiger partial charge is 0.309 e. The molecule has 2 heterocycles. The number of pyridine rings is 1. The molecule has 0 saturated heterocycles. The Morgan fingerprint density at radius 1 is 0.724 bits per heavy atom. The van der Waals surface area contributed by atoms with E-state index in [9.17, 15) is 10.5 Å². The Balaban J connectivity index is 1.88. The van der Waals surface area contributed by atoms with Crippen molar-refractivity contribution in [1.29, 1.82) is 10.5 Å². The second-order valence-corrected chi connectivity index (χ2v) is 6.76. The second kappa shape index (κ2) is 6.64. The lowest BCUT2D eigenvalue weighted by molar-refractivity contribution is 1.18. The Morgan fingerprint density at radius 3 is 2.38 bits per heavy atom. The Kier molecular flexibility index (Phi) is 3.83. The standard InChI is InChI=1S/C25H14N4/c26-15-17-9-10-25-22(13-17)21-6-2-4-8-24(21)29(25)23-7-3-1-5-20(23)18-11-12-28-19(14-18)16-27/h1-14H. The summed E-state index contributed by atoms with van der Waals surface area (Å²) in [5, 5.41) is 20.7. The predicted molar refractivity (Wildman–Crippen MR) is 113 cm³/mol. The van der Waals surface area contributed by atoms with Gasteiger partial charge in [0.15, 0.2) is 0 Å². The van der Waals surface area contributed by atoms with E-state index in [1.165, 1.54) is 0 Å². The summed E-state index contributed by atoms with van der Waals surface area (Å²) in [4.78, 5) is 4.10. The van der Waals surface area contributed by atoms with Crippen molar-refractivity contribution in [2.45, 2.75) is 0 Å². The first-order valence-electron chi connectivity index (χ1n) is 9.19. The molecule has 0 aliphatic carbocycles. The monoisotopic (exact) mass is 370 g/mol. The molecule has 0 radical (unpaired) electrons. The van der Waals surface area contributed by atoms with E-state index in [2.05, 4.69) is 46.0 Å². The van der Waals surface area contributed by atoms with Crippen LogP contribution in [0, 0.1) is 22.7 Å². The summed E-state index contributed by atoms with van der Waals surface area (Å²) in [5.74, 6) is 0. The quantitative estimate of drug-likeness (QED) is 0.407. The van der Waals surface area contributed by atoms with Crippen LogP contribution in [0.15, 0.2) is 85.1 Å². The number of hydrogen-bond donors (Lipinski definition) is 0. The third-order valence-corrected chi connectivity index (χ3v) is 5.13. The number of rotatable bonds is 2. The Labute approximate surface area is 167 Å². The molecule has 0 spiro atoms. The van der Waals surface area contributed by atoms with Gasteiger partial charge in [-0.1, -0.05) is 36.4 Å². The SMILES string of the molecule is N#Cc1ccc2c(c1)c1ccccc1n2-c1ccccc1-c1ccnc(C#N)c1. The highest BCUT2D eigenvalue weighted by molar-refractivity contribution is 6.10. The first kappa shape index (κ1) is 16.7. The van der Waals surface area contributed by atoms with Gasteiger partial charge in [0.25, 0.3) is 0 Å². The molecule has 134 valence electrons. The fourth-order valence-corrected chi connectivity index (χ4v) is 3.87. The lowest BCUT2D eigenvalue weighted by Gasteiger charge is -2.14. The fraction of sp³-hybridized carbons (Fsp3) is 0. The van der Waals surface area contributed by atoms with Gasteiger partial charge in [0, 0.05) is 22.5 Å². The molecule has 2 aromatic heterocycles. The molecule has 0 aliphatic rings. The highest BCUT2D eigenvalue weighted by Gasteiger charge is 2.15. The van der Waals surface area contributed by atoms with Crippen LogP contribution in [0.25, 0.3) is 38.6 Å². The third-order valence-electron chi connectivity index (χ3n) is 5.13. The number of fused-ring (bicyclic) bond motifs is 3. The molecular weight excluding hydrogens is 356 g/mol. The molecule has 4 nitrogen and oxygen atoms in total. The van der Waals surface area contributed by atoms with Gasteiger partial charge in [-0.15, -0.1) is 0 Å². The van der Waals surface area contributed by atoms with Gasteiger partial charge in [-0.05, 0) is 48.0 Å². The molecule has 0 amide bonds. The summed E-state index contributed by atoms with van der Waals surface area (Å²) in [6.45, 7) is 0. The van der Waals surface area contributed by atoms with Crippen molar-refractivity contribution in [2.24, 2.45) is 0 Å². The minimum absolute atomic E-state index is 0.387. The minimum Gasteiger partial charge on any atom is -0.309 e. The number of hydrogen-bond acceptors (Lipinski definition) is 3. The molecule has 0 saturated carbocycles. The van der Waals surface area contributed by atoms with E-state index in [-0.39, 0.29) is 0 Å². The van der Waals surface area contributed by atoms with Gasteiger partial charge in [0.1, 0.15) is 11.8 Å². The molecule has 5 aromatic rings. The van der Waals surface area contributed by atoms with Crippen molar-refractivity contribution < 1.29 is 0 Å². The van der Waals surface area contributed by atoms with E-state index in [0.29, 0.717) is 11.3 Å². The first-order valence-corrected chi connectivity index (χ1v) is 9.19.